The van der Waals surface area contributed by atoms with Gasteiger partial charge in [0.2, 0.25) is 0 Å². The van der Waals surface area contributed by atoms with Crippen LogP contribution in [-0.4, -0.2) is 35.1 Å². The van der Waals surface area contributed by atoms with Gasteiger partial charge in [-0.15, -0.1) is 0 Å². The van der Waals surface area contributed by atoms with Gasteiger partial charge in [0.1, 0.15) is 6.26 Å². The largest absolute Gasteiger partial charge is 0.476 e. The summed E-state index contributed by atoms with van der Waals surface area (Å²) in [5, 5.41) is 8.61. The molecule has 1 aliphatic heterocycles. The van der Waals surface area contributed by atoms with E-state index in [1.54, 1.807) is 0 Å². The molecule has 0 aromatic carbocycles. The van der Waals surface area contributed by atoms with Crippen LogP contribution in [0.2, 0.25) is 0 Å². The quantitative estimate of drug-likeness (QED) is 0.839. The highest BCUT2D eigenvalue weighted by molar-refractivity contribution is 5.85. The number of carboxylic acids is 1. The molecular formula is C9H10F2N2O3. The molecular weight excluding hydrogens is 222 g/mol. The Morgan fingerprint density at radius 3 is 2.94 bits per heavy atom. The van der Waals surface area contributed by atoms with E-state index in [4.69, 9.17) is 9.52 Å². The number of nitrogens with zero attached hydrogens (tertiary/aromatic N) is 2. The van der Waals surface area contributed by atoms with E-state index in [0.29, 0.717) is 13.0 Å². The fourth-order valence-electron chi connectivity index (χ4n) is 1.64. The molecule has 1 aromatic rings. The van der Waals surface area contributed by atoms with Crippen LogP contribution in [0.3, 0.4) is 0 Å². The molecule has 16 heavy (non-hydrogen) atoms. The van der Waals surface area contributed by atoms with Crippen LogP contribution in [0.4, 0.5) is 14.8 Å². The average molecular weight is 232 g/mol. The van der Waals surface area contributed by atoms with E-state index in [-0.39, 0.29) is 18.1 Å². The van der Waals surface area contributed by atoms with Gasteiger partial charge in [0.15, 0.2) is 5.69 Å². The molecule has 88 valence electrons. The van der Waals surface area contributed by atoms with Crippen LogP contribution >= 0.6 is 0 Å². The summed E-state index contributed by atoms with van der Waals surface area (Å²) < 4.78 is 31.0. The fraction of sp³-hybridized carbons (Fsp3) is 0.556. The number of piperidine rings is 1. The highest BCUT2D eigenvalue weighted by atomic mass is 19.3. The average Bonchev–Trinajstić information content (AvgIpc) is 2.64. The number of aromatic carboxylic acids is 1. The Morgan fingerprint density at radius 2 is 2.38 bits per heavy atom. The van der Waals surface area contributed by atoms with Gasteiger partial charge in [-0.1, -0.05) is 0 Å². The predicted octanol–water partition coefficient (Wildman–Crippen LogP) is 1.61. The van der Waals surface area contributed by atoms with Gasteiger partial charge < -0.3 is 14.4 Å². The number of hydrogen-bond donors (Lipinski definition) is 1. The number of hydrogen-bond acceptors (Lipinski definition) is 4. The van der Waals surface area contributed by atoms with Gasteiger partial charge in [0.25, 0.3) is 11.9 Å². The van der Waals surface area contributed by atoms with E-state index in [0.717, 1.165) is 6.26 Å². The molecule has 2 heterocycles. The molecule has 1 fully saturated rings. The van der Waals surface area contributed by atoms with Crippen LogP contribution in [-0.2, 0) is 0 Å². The Labute approximate surface area is 89.7 Å². The monoisotopic (exact) mass is 232 g/mol. The summed E-state index contributed by atoms with van der Waals surface area (Å²) >= 11 is 0. The molecule has 1 N–H and O–H groups in total. The summed E-state index contributed by atoms with van der Waals surface area (Å²) in [7, 11) is 0. The molecule has 7 heteroatoms. The second-order valence-corrected chi connectivity index (χ2v) is 3.70. The molecule has 0 unspecified atom stereocenters. The third-order valence-corrected chi connectivity index (χ3v) is 2.37. The first-order valence-electron chi connectivity index (χ1n) is 4.79. The maximum atomic E-state index is 13.1. The first-order valence-corrected chi connectivity index (χ1v) is 4.79. The number of rotatable bonds is 2. The zero-order valence-electron chi connectivity index (χ0n) is 8.32. The lowest BCUT2D eigenvalue weighted by Crippen LogP contribution is -2.42. The summed E-state index contributed by atoms with van der Waals surface area (Å²) in [6, 6.07) is -0.0585. The zero-order valence-corrected chi connectivity index (χ0v) is 8.32. The number of carbonyl (C=O) groups is 1. The lowest BCUT2D eigenvalue weighted by atomic mass is 10.1. The highest BCUT2D eigenvalue weighted by Crippen LogP contribution is 2.29. The van der Waals surface area contributed by atoms with Crippen molar-refractivity contribution in [2.45, 2.75) is 18.8 Å². The first kappa shape index (κ1) is 10.8. The van der Waals surface area contributed by atoms with Crippen molar-refractivity contribution in [3.63, 3.8) is 0 Å². The predicted molar refractivity (Wildman–Crippen MR) is 49.9 cm³/mol. The minimum atomic E-state index is -2.77. The molecule has 0 spiro atoms. The molecule has 1 aromatic heterocycles. The minimum absolute atomic E-state index is 0.0585. The van der Waals surface area contributed by atoms with Gasteiger partial charge in [-0.25, -0.2) is 13.6 Å². The van der Waals surface area contributed by atoms with Crippen molar-refractivity contribution < 1.29 is 23.1 Å². The Hall–Kier alpha value is -1.66. The number of oxazole rings is 1. The lowest BCUT2D eigenvalue weighted by Gasteiger charge is -2.31. The molecule has 0 atom stereocenters. The molecule has 5 nitrogen and oxygen atoms in total. The normalized spacial score (nSPS) is 19.8. The first-order chi connectivity index (χ1) is 7.48. The summed E-state index contributed by atoms with van der Waals surface area (Å²) in [5.74, 6) is -4.01. The second-order valence-electron chi connectivity index (χ2n) is 3.70. The summed E-state index contributed by atoms with van der Waals surface area (Å²) in [5.41, 5.74) is -0.274. The molecule has 0 radical (unpaired) electrons. The molecule has 1 aliphatic rings. The Morgan fingerprint density at radius 1 is 1.62 bits per heavy atom. The topological polar surface area (TPSA) is 66.6 Å². The number of anilines is 1. The number of halogens is 2. The van der Waals surface area contributed by atoms with Crippen LogP contribution in [0.25, 0.3) is 0 Å². The van der Waals surface area contributed by atoms with E-state index in [9.17, 15) is 13.6 Å². The number of alkyl halides is 2. The molecule has 0 saturated carbocycles. The van der Waals surface area contributed by atoms with Gasteiger partial charge in [-0.3, -0.25) is 0 Å². The molecule has 2 rings (SSSR count). The third kappa shape index (κ3) is 2.12. The van der Waals surface area contributed by atoms with E-state index in [1.165, 1.54) is 4.90 Å². The zero-order chi connectivity index (χ0) is 11.8. The standard InChI is InChI=1S/C9H10F2N2O3/c10-9(11)2-1-3-13(5-9)8-12-6(4-16-8)7(14)15/h4H,1-3,5H2,(H,14,15). The van der Waals surface area contributed by atoms with Crippen molar-refractivity contribution in [1.29, 1.82) is 0 Å². The molecule has 0 aliphatic carbocycles. The van der Waals surface area contributed by atoms with Crippen molar-refractivity contribution in [1.82, 2.24) is 4.98 Å². The van der Waals surface area contributed by atoms with Gasteiger partial charge >= 0.3 is 5.97 Å². The Kier molecular flexibility index (Phi) is 2.53. The smallest absolute Gasteiger partial charge is 0.357 e. The Balaban J connectivity index is 2.14. The second kappa shape index (κ2) is 3.73. The van der Waals surface area contributed by atoms with Gasteiger partial charge in [0, 0.05) is 13.0 Å². The number of carboxylic acid groups (broad SMARTS) is 1. The molecule has 1 saturated heterocycles. The maximum absolute atomic E-state index is 13.1. The van der Waals surface area contributed by atoms with E-state index < -0.39 is 18.4 Å². The summed E-state index contributed by atoms with van der Waals surface area (Å²) in [6.45, 7) is -0.0816. The van der Waals surface area contributed by atoms with Crippen LogP contribution in [0.15, 0.2) is 10.7 Å². The van der Waals surface area contributed by atoms with Crippen LogP contribution in [0, 0.1) is 0 Å². The van der Waals surface area contributed by atoms with E-state index in [2.05, 4.69) is 4.98 Å². The minimum Gasteiger partial charge on any atom is -0.476 e. The SMILES string of the molecule is O=C(O)c1coc(N2CCCC(F)(F)C2)n1. The van der Waals surface area contributed by atoms with Crippen molar-refractivity contribution in [3.8, 4) is 0 Å². The Bertz CT molecular complexity index is 405. The molecule has 0 amide bonds. The van der Waals surface area contributed by atoms with E-state index in [1.807, 2.05) is 0 Å². The van der Waals surface area contributed by atoms with Crippen LogP contribution in [0.1, 0.15) is 23.3 Å². The summed E-state index contributed by atoms with van der Waals surface area (Å²) in [6.07, 6.45) is 1.12. The number of aromatic nitrogens is 1. The van der Waals surface area contributed by atoms with Crippen LogP contribution in [0.5, 0.6) is 0 Å². The van der Waals surface area contributed by atoms with Crippen molar-refractivity contribution in [3.05, 3.63) is 12.0 Å². The van der Waals surface area contributed by atoms with E-state index >= 15 is 0 Å². The molecule has 0 bridgehead atoms. The lowest BCUT2D eigenvalue weighted by molar-refractivity contribution is -0.0128. The van der Waals surface area contributed by atoms with Crippen LogP contribution < -0.4 is 4.90 Å². The van der Waals surface area contributed by atoms with Gasteiger partial charge in [-0.2, -0.15) is 4.98 Å². The van der Waals surface area contributed by atoms with Gasteiger partial charge in [-0.05, 0) is 6.42 Å². The fourth-order valence-corrected chi connectivity index (χ4v) is 1.64. The van der Waals surface area contributed by atoms with Crippen molar-refractivity contribution in [2.24, 2.45) is 0 Å². The van der Waals surface area contributed by atoms with Gasteiger partial charge in [0.05, 0.1) is 6.54 Å². The maximum Gasteiger partial charge on any atom is 0.357 e. The summed E-state index contributed by atoms with van der Waals surface area (Å²) in [4.78, 5) is 15.4. The third-order valence-electron chi connectivity index (χ3n) is 2.37. The van der Waals surface area contributed by atoms with Crippen molar-refractivity contribution in [2.75, 3.05) is 18.0 Å². The highest BCUT2D eigenvalue weighted by Gasteiger charge is 2.36. The van der Waals surface area contributed by atoms with Crippen molar-refractivity contribution >= 4 is 12.0 Å².